The number of rotatable bonds is 6. The van der Waals surface area contributed by atoms with Gasteiger partial charge in [-0.2, -0.15) is 0 Å². The fourth-order valence-electron chi connectivity index (χ4n) is 3.00. The molecule has 0 spiro atoms. The first kappa shape index (κ1) is 16.8. The van der Waals surface area contributed by atoms with Crippen LogP contribution in [0.4, 0.5) is 4.79 Å². The molecule has 1 heterocycles. The molecule has 0 radical (unpaired) electrons. The second-order valence-electron chi connectivity index (χ2n) is 5.68. The summed E-state index contributed by atoms with van der Waals surface area (Å²) in [4.78, 5) is 14.3. The van der Waals surface area contributed by atoms with Crippen molar-refractivity contribution < 1.29 is 14.6 Å². The lowest BCUT2D eigenvalue weighted by Gasteiger charge is -2.35. The monoisotopic (exact) mass is 306 g/mol. The number of carbonyl (C=O) groups is 1. The second kappa shape index (κ2) is 8.76. The molecule has 2 amide bonds. The van der Waals surface area contributed by atoms with E-state index in [1.807, 2.05) is 35.2 Å². The molecular weight excluding hydrogens is 280 g/mol. The zero-order valence-electron chi connectivity index (χ0n) is 13.2. The van der Waals surface area contributed by atoms with Crippen LogP contribution in [0.5, 0.6) is 0 Å². The summed E-state index contributed by atoms with van der Waals surface area (Å²) in [6.45, 7) is 1.33. The summed E-state index contributed by atoms with van der Waals surface area (Å²) in [7, 11) is 1.65. The average Bonchev–Trinajstić information content (AvgIpc) is 2.57. The van der Waals surface area contributed by atoms with Crippen molar-refractivity contribution in [3.63, 3.8) is 0 Å². The number of nitrogens with zero attached hydrogens (tertiary/aromatic N) is 1. The molecule has 0 aliphatic carbocycles. The van der Waals surface area contributed by atoms with Gasteiger partial charge in [-0.05, 0) is 31.2 Å². The van der Waals surface area contributed by atoms with E-state index in [9.17, 15) is 4.79 Å². The molecule has 2 atom stereocenters. The number of urea groups is 1. The van der Waals surface area contributed by atoms with Gasteiger partial charge < -0.3 is 20.1 Å². The zero-order chi connectivity index (χ0) is 15.8. The minimum absolute atomic E-state index is 0.0591. The molecule has 1 saturated heterocycles. The predicted octanol–water partition coefficient (Wildman–Crippen LogP) is 2.32. The van der Waals surface area contributed by atoms with Crippen molar-refractivity contribution >= 4 is 6.03 Å². The highest BCUT2D eigenvalue weighted by Crippen LogP contribution is 2.20. The Kier molecular flexibility index (Phi) is 6.68. The molecule has 5 nitrogen and oxygen atoms in total. The van der Waals surface area contributed by atoms with Gasteiger partial charge >= 0.3 is 6.03 Å². The average molecular weight is 306 g/mol. The van der Waals surface area contributed by atoms with Crippen LogP contribution in [0, 0.1) is 0 Å². The van der Waals surface area contributed by atoms with Crippen molar-refractivity contribution in [2.45, 2.75) is 37.8 Å². The Bertz CT molecular complexity index is 450. The molecule has 1 fully saturated rings. The van der Waals surface area contributed by atoms with E-state index in [4.69, 9.17) is 9.84 Å². The van der Waals surface area contributed by atoms with E-state index in [-0.39, 0.29) is 24.8 Å². The summed E-state index contributed by atoms with van der Waals surface area (Å²) in [6.07, 6.45) is 3.63. The summed E-state index contributed by atoms with van der Waals surface area (Å²) < 4.78 is 5.48. The number of likely N-dealkylation sites (tertiary alicyclic amines) is 1. The van der Waals surface area contributed by atoms with Crippen LogP contribution in [0.2, 0.25) is 0 Å². The number of amides is 2. The van der Waals surface area contributed by atoms with Crippen molar-refractivity contribution in [2.75, 3.05) is 26.8 Å². The van der Waals surface area contributed by atoms with Crippen LogP contribution >= 0.6 is 0 Å². The number of carbonyl (C=O) groups excluding carboxylic acids is 1. The number of methoxy groups -OCH3 is 1. The molecule has 1 aromatic carbocycles. The Morgan fingerprint density at radius 2 is 2.18 bits per heavy atom. The van der Waals surface area contributed by atoms with Gasteiger partial charge in [-0.1, -0.05) is 30.3 Å². The maximum Gasteiger partial charge on any atom is 0.317 e. The third kappa shape index (κ3) is 4.45. The van der Waals surface area contributed by atoms with Gasteiger partial charge in [0, 0.05) is 32.8 Å². The quantitative estimate of drug-likeness (QED) is 0.848. The molecule has 122 valence electrons. The molecule has 22 heavy (non-hydrogen) atoms. The van der Waals surface area contributed by atoms with E-state index in [1.54, 1.807) is 7.11 Å². The van der Waals surface area contributed by atoms with E-state index >= 15 is 0 Å². The first-order valence-corrected chi connectivity index (χ1v) is 7.99. The van der Waals surface area contributed by atoms with Crippen molar-refractivity contribution in [3.05, 3.63) is 35.9 Å². The van der Waals surface area contributed by atoms with Gasteiger partial charge in [-0.25, -0.2) is 4.79 Å². The van der Waals surface area contributed by atoms with Gasteiger partial charge in [0.05, 0.1) is 6.10 Å². The van der Waals surface area contributed by atoms with E-state index in [0.29, 0.717) is 13.0 Å². The number of piperidine rings is 1. The predicted molar refractivity (Wildman–Crippen MR) is 85.6 cm³/mol. The summed E-state index contributed by atoms with van der Waals surface area (Å²) in [5, 5.41) is 12.1. The number of nitrogens with one attached hydrogen (secondary N) is 1. The van der Waals surface area contributed by atoms with Gasteiger partial charge in [-0.3, -0.25) is 0 Å². The number of hydrogen-bond acceptors (Lipinski definition) is 3. The summed E-state index contributed by atoms with van der Waals surface area (Å²) in [6, 6.07) is 9.97. The molecule has 5 heteroatoms. The lowest BCUT2D eigenvalue weighted by Crippen LogP contribution is -2.49. The van der Waals surface area contributed by atoms with Crippen LogP contribution in [-0.2, 0) is 4.74 Å². The van der Waals surface area contributed by atoms with Gasteiger partial charge in [0.2, 0.25) is 0 Å². The Hall–Kier alpha value is -1.59. The molecule has 0 bridgehead atoms. The molecule has 0 aromatic heterocycles. The first-order chi connectivity index (χ1) is 10.8. The first-order valence-electron chi connectivity index (χ1n) is 7.99. The smallest absolute Gasteiger partial charge is 0.317 e. The minimum atomic E-state index is -0.147. The number of aliphatic hydroxyl groups excluding tert-OH is 1. The normalized spacial score (nSPS) is 19.7. The molecule has 2 N–H and O–H groups in total. The molecule has 1 aliphatic rings. The molecule has 0 saturated carbocycles. The largest absolute Gasteiger partial charge is 0.396 e. The van der Waals surface area contributed by atoms with Crippen LogP contribution in [0.3, 0.4) is 0 Å². The lowest BCUT2D eigenvalue weighted by molar-refractivity contribution is 0.0952. The van der Waals surface area contributed by atoms with Crippen LogP contribution in [-0.4, -0.2) is 48.9 Å². The molecular formula is C17H26N2O3. The van der Waals surface area contributed by atoms with E-state index < -0.39 is 0 Å². The molecule has 1 aliphatic heterocycles. The minimum Gasteiger partial charge on any atom is -0.396 e. The Morgan fingerprint density at radius 1 is 1.41 bits per heavy atom. The third-order valence-electron chi connectivity index (χ3n) is 4.24. The lowest BCUT2D eigenvalue weighted by atomic mass is 10.00. The summed E-state index contributed by atoms with van der Waals surface area (Å²) >= 11 is 0. The highest BCUT2D eigenvalue weighted by Gasteiger charge is 2.26. The fraction of sp³-hybridized carbons (Fsp3) is 0.588. The topological polar surface area (TPSA) is 61.8 Å². The SMILES string of the molecule is COC(CNC(=O)N1CCCCC1CCO)c1ccccc1. The molecule has 2 unspecified atom stereocenters. The van der Waals surface area contributed by atoms with E-state index in [1.165, 1.54) is 0 Å². The van der Waals surface area contributed by atoms with Crippen LogP contribution in [0.15, 0.2) is 30.3 Å². The van der Waals surface area contributed by atoms with Gasteiger partial charge in [0.15, 0.2) is 0 Å². The highest BCUT2D eigenvalue weighted by atomic mass is 16.5. The van der Waals surface area contributed by atoms with Crippen molar-refractivity contribution in [1.82, 2.24) is 10.2 Å². The highest BCUT2D eigenvalue weighted by molar-refractivity contribution is 5.74. The number of benzene rings is 1. The zero-order valence-corrected chi connectivity index (χ0v) is 13.2. The van der Waals surface area contributed by atoms with Crippen LogP contribution < -0.4 is 5.32 Å². The van der Waals surface area contributed by atoms with Crippen molar-refractivity contribution in [3.8, 4) is 0 Å². The van der Waals surface area contributed by atoms with Crippen LogP contribution in [0.25, 0.3) is 0 Å². The summed E-state index contributed by atoms with van der Waals surface area (Å²) in [5.41, 5.74) is 1.05. The van der Waals surface area contributed by atoms with E-state index in [2.05, 4.69) is 5.32 Å². The Morgan fingerprint density at radius 3 is 2.86 bits per heavy atom. The number of ether oxygens (including phenoxy) is 1. The standard InChI is InChI=1S/C17H26N2O3/c1-22-16(14-7-3-2-4-8-14)13-18-17(21)19-11-6-5-9-15(19)10-12-20/h2-4,7-8,15-16,20H,5-6,9-13H2,1H3,(H,18,21). The number of aliphatic hydroxyl groups is 1. The van der Waals surface area contributed by atoms with Gasteiger partial charge in [0.25, 0.3) is 0 Å². The van der Waals surface area contributed by atoms with Crippen molar-refractivity contribution in [1.29, 1.82) is 0 Å². The van der Waals surface area contributed by atoms with Gasteiger partial charge in [0.1, 0.15) is 0 Å². The maximum absolute atomic E-state index is 12.4. The molecule has 2 rings (SSSR count). The van der Waals surface area contributed by atoms with Crippen LogP contribution in [0.1, 0.15) is 37.4 Å². The Labute approximate surface area is 132 Å². The maximum atomic E-state index is 12.4. The fourth-order valence-corrected chi connectivity index (χ4v) is 3.00. The van der Waals surface area contributed by atoms with E-state index in [0.717, 1.165) is 31.4 Å². The second-order valence-corrected chi connectivity index (χ2v) is 5.68. The molecule has 1 aromatic rings. The number of hydrogen-bond donors (Lipinski definition) is 2. The van der Waals surface area contributed by atoms with Gasteiger partial charge in [-0.15, -0.1) is 0 Å². The Balaban J connectivity index is 1.90. The third-order valence-corrected chi connectivity index (χ3v) is 4.24. The van der Waals surface area contributed by atoms with Crippen molar-refractivity contribution in [2.24, 2.45) is 0 Å². The summed E-state index contributed by atoms with van der Waals surface area (Å²) in [5.74, 6) is 0.